The van der Waals surface area contributed by atoms with Gasteiger partial charge in [-0.05, 0) is 43.7 Å². The van der Waals surface area contributed by atoms with Crippen molar-refractivity contribution < 1.29 is 35.9 Å². The van der Waals surface area contributed by atoms with Crippen LogP contribution in [0.15, 0.2) is 36.4 Å². The highest BCUT2D eigenvalue weighted by Gasteiger charge is 2.46. The lowest BCUT2D eigenvalue weighted by Crippen LogP contribution is -2.30. The van der Waals surface area contributed by atoms with Gasteiger partial charge in [0.25, 0.3) is 0 Å². The number of esters is 1. The van der Waals surface area contributed by atoms with Crippen molar-refractivity contribution in [3.63, 3.8) is 0 Å². The fourth-order valence-electron chi connectivity index (χ4n) is 2.13. The summed E-state index contributed by atoms with van der Waals surface area (Å²) in [5.74, 6) is -0.979. The number of hydrogen-bond acceptors (Lipinski definition) is 5. The number of hydrogen-bond donors (Lipinski definition) is 1. The van der Waals surface area contributed by atoms with E-state index in [0.29, 0.717) is 10.8 Å². The lowest BCUT2D eigenvalue weighted by molar-refractivity contribution is -0.157. The van der Waals surface area contributed by atoms with E-state index in [-0.39, 0.29) is 5.75 Å². The van der Waals surface area contributed by atoms with Crippen LogP contribution in [0.2, 0.25) is 0 Å². The molecule has 0 unspecified atom stereocenters. The van der Waals surface area contributed by atoms with Crippen molar-refractivity contribution in [2.75, 3.05) is 11.3 Å². The highest BCUT2D eigenvalue weighted by Crippen LogP contribution is 2.34. The molecule has 0 saturated carbocycles. The first-order valence-corrected chi connectivity index (χ1v) is 9.23. The molecule has 27 heavy (non-hydrogen) atoms. The molecule has 2 aromatic rings. The minimum absolute atomic E-state index is 0.229. The first-order valence-electron chi connectivity index (χ1n) is 7.75. The van der Waals surface area contributed by atoms with Crippen LogP contribution in [0, 0.1) is 0 Å². The van der Waals surface area contributed by atoms with Crippen LogP contribution < -0.4 is 9.46 Å². The van der Waals surface area contributed by atoms with Crippen molar-refractivity contribution in [2.24, 2.45) is 0 Å². The number of anilines is 1. The molecule has 6 nitrogen and oxygen atoms in total. The Morgan fingerprint density at radius 1 is 1.07 bits per heavy atom. The Morgan fingerprint density at radius 3 is 2.15 bits per heavy atom. The van der Waals surface area contributed by atoms with E-state index in [4.69, 9.17) is 9.47 Å². The molecule has 0 aliphatic heterocycles. The topological polar surface area (TPSA) is 81.7 Å². The van der Waals surface area contributed by atoms with Gasteiger partial charge in [0.15, 0.2) is 6.61 Å². The van der Waals surface area contributed by atoms with Gasteiger partial charge in [0.05, 0.1) is 5.69 Å². The zero-order chi connectivity index (χ0) is 20.5. The molecule has 2 aromatic carbocycles. The molecule has 0 aliphatic carbocycles. The predicted molar refractivity (Wildman–Crippen MR) is 93.9 cm³/mol. The summed E-state index contributed by atoms with van der Waals surface area (Å²) in [5.41, 5.74) is -6.71. The number of sulfonamides is 1. The van der Waals surface area contributed by atoms with Gasteiger partial charge in [0.2, 0.25) is 0 Å². The van der Waals surface area contributed by atoms with Gasteiger partial charge in [0, 0.05) is 0 Å². The maximum atomic E-state index is 12.7. The maximum absolute atomic E-state index is 12.7. The van der Waals surface area contributed by atoms with Gasteiger partial charge in [-0.3, -0.25) is 4.72 Å². The largest absolute Gasteiger partial charge is 0.516 e. The van der Waals surface area contributed by atoms with E-state index in [0.717, 1.165) is 0 Å². The second-order valence-electron chi connectivity index (χ2n) is 6.62. The van der Waals surface area contributed by atoms with Gasteiger partial charge in [-0.1, -0.05) is 24.3 Å². The predicted octanol–water partition coefficient (Wildman–Crippen LogP) is 3.82. The lowest BCUT2D eigenvalue weighted by atomic mass is 10.1. The molecular formula is C17H18F3NO5S. The molecule has 0 radical (unpaired) electrons. The summed E-state index contributed by atoms with van der Waals surface area (Å²) in [6.45, 7) is 4.33. The fourth-order valence-corrected chi connectivity index (χ4v) is 2.69. The third-order valence-electron chi connectivity index (χ3n) is 3.16. The standard InChI is InChI=1S/C17H18F3NO5S/c1-16(2,3)26-15(22)10-25-14-9-12-7-5-4-6-11(12)8-13(14)21-27(23,24)17(18,19)20/h4-9,21H,10H2,1-3H3. The molecule has 0 spiro atoms. The molecule has 2 rings (SSSR count). The highest BCUT2D eigenvalue weighted by molar-refractivity contribution is 7.93. The Kier molecular flexibility index (Phi) is 5.60. The average Bonchev–Trinajstić information content (AvgIpc) is 2.49. The number of halogens is 3. The Balaban J connectivity index is 2.36. The van der Waals surface area contributed by atoms with Crippen molar-refractivity contribution >= 4 is 32.5 Å². The summed E-state index contributed by atoms with van der Waals surface area (Å²) in [4.78, 5) is 11.8. The zero-order valence-corrected chi connectivity index (χ0v) is 15.6. The van der Waals surface area contributed by atoms with Crippen LogP contribution in [-0.4, -0.2) is 32.1 Å². The summed E-state index contributed by atoms with van der Waals surface area (Å²) < 4.78 is 72.8. The van der Waals surface area contributed by atoms with Crippen molar-refractivity contribution in [1.82, 2.24) is 0 Å². The summed E-state index contributed by atoms with van der Waals surface area (Å²) in [6, 6.07) is 9.14. The van der Waals surface area contributed by atoms with Crippen molar-refractivity contribution in [1.29, 1.82) is 0 Å². The Hall–Kier alpha value is -2.49. The van der Waals surface area contributed by atoms with Crippen molar-refractivity contribution in [3.05, 3.63) is 36.4 Å². The highest BCUT2D eigenvalue weighted by atomic mass is 32.2. The van der Waals surface area contributed by atoms with E-state index in [2.05, 4.69) is 0 Å². The number of alkyl halides is 3. The average molecular weight is 405 g/mol. The second-order valence-corrected chi connectivity index (χ2v) is 8.30. The molecule has 0 amide bonds. The number of carbonyl (C=O) groups is 1. The molecular weight excluding hydrogens is 387 g/mol. The Morgan fingerprint density at radius 2 is 1.63 bits per heavy atom. The van der Waals surface area contributed by atoms with Crippen LogP contribution >= 0.6 is 0 Å². The fraction of sp³-hybridized carbons (Fsp3) is 0.353. The number of benzene rings is 2. The van der Waals surface area contributed by atoms with Gasteiger partial charge in [0.1, 0.15) is 11.4 Å². The smallest absolute Gasteiger partial charge is 0.480 e. The third kappa shape index (κ3) is 5.49. The number of ether oxygens (including phenoxy) is 2. The number of carbonyl (C=O) groups excluding carboxylic acids is 1. The van der Waals surface area contributed by atoms with E-state index in [1.807, 2.05) is 0 Å². The maximum Gasteiger partial charge on any atom is 0.516 e. The lowest BCUT2D eigenvalue weighted by Gasteiger charge is -2.20. The molecule has 0 heterocycles. The quantitative estimate of drug-likeness (QED) is 0.765. The molecule has 0 saturated heterocycles. The van der Waals surface area contributed by atoms with E-state index < -0.39 is 39.4 Å². The van der Waals surface area contributed by atoms with Crippen LogP contribution in [0.4, 0.5) is 18.9 Å². The van der Waals surface area contributed by atoms with Gasteiger partial charge in [-0.2, -0.15) is 21.6 Å². The second kappa shape index (κ2) is 7.26. The van der Waals surface area contributed by atoms with Gasteiger partial charge in [-0.25, -0.2) is 4.79 Å². The Bertz CT molecular complexity index is 949. The molecule has 0 atom stereocenters. The van der Waals surface area contributed by atoms with Crippen LogP contribution in [0.1, 0.15) is 20.8 Å². The number of fused-ring (bicyclic) bond motifs is 1. The van der Waals surface area contributed by atoms with Gasteiger partial charge < -0.3 is 9.47 Å². The van der Waals surface area contributed by atoms with Crippen LogP contribution in [-0.2, 0) is 19.6 Å². The number of nitrogens with one attached hydrogen (secondary N) is 1. The third-order valence-corrected chi connectivity index (χ3v) is 4.26. The summed E-state index contributed by atoms with van der Waals surface area (Å²) >= 11 is 0. The molecule has 0 fully saturated rings. The van der Waals surface area contributed by atoms with Crippen LogP contribution in [0.25, 0.3) is 10.8 Å². The van der Waals surface area contributed by atoms with Crippen molar-refractivity contribution in [2.45, 2.75) is 31.9 Å². The SMILES string of the molecule is CC(C)(C)OC(=O)COc1cc2ccccc2cc1NS(=O)(=O)C(F)(F)F. The minimum atomic E-state index is -5.66. The van der Waals surface area contributed by atoms with E-state index >= 15 is 0 Å². The van der Waals surface area contributed by atoms with E-state index in [1.54, 1.807) is 45.0 Å². The Labute approximate surface area is 154 Å². The first-order chi connectivity index (χ1) is 12.3. The molecule has 0 aliphatic rings. The normalized spacial score (nSPS) is 12.7. The van der Waals surface area contributed by atoms with Gasteiger partial charge in [-0.15, -0.1) is 0 Å². The van der Waals surface area contributed by atoms with E-state index in [9.17, 15) is 26.4 Å². The van der Waals surface area contributed by atoms with Gasteiger partial charge >= 0.3 is 21.5 Å². The zero-order valence-electron chi connectivity index (χ0n) is 14.8. The molecule has 1 N–H and O–H groups in total. The van der Waals surface area contributed by atoms with E-state index in [1.165, 1.54) is 16.9 Å². The monoisotopic (exact) mass is 405 g/mol. The number of rotatable bonds is 5. The summed E-state index contributed by atoms with van der Waals surface area (Å²) in [5, 5.41) is 1.08. The minimum Gasteiger partial charge on any atom is -0.480 e. The van der Waals surface area contributed by atoms with Crippen LogP contribution in [0.3, 0.4) is 0 Å². The molecule has 148 valence electrons. The first kappa shape index (κ1) is 20.8. The molecule has 0 bridgehead atoms. The molecule has 0 aromatic heterocycles. The van der Waals surface area contributed by atoms with Crippen LogP contribution in [0.5, 0.6) is 5.75 Å². The summed E-state index contributed by atoms with van der Waals surface area (Å²) in [6.07, 6.45) is 0. The van der Waals surface area contributed by atoms with Crippen molar-refractivity contribution in [3.8, 4) is 5.75 Å². The summed E-state index contributed by atoms with van der Waals surface area (Å²) in [7, 11) is -5.66. The molecule has 10 heteroatoms.